The van der Waals surface area contributed by atoms with E-state index in [1.54, 1.807) is 6.20 Å². The van der Waals surface area contributed by atoms with Crippen LogP contribution in [0.15, 0.2) is 37.1 Å². The van der Waals surface area contributed by atoms with Crippen LogP contribution in [0.3, 0.4) is 0 Å². The normalized spacial score (nSPS) is 20.7. The van der Waals surface area contributed by atoms with E-state index in [1.165, 1.54) is 12.4 Å². The molecule has 0 radical (unpaired) electrons. The van der Waals surface area contributed by atoms with Gasteiger partial charge in [-0.2, -0.15) is 28.5 Å². The summed E-state index contributed by atoms with van der Waals surface area (Å²) in [6, 6.07) is 6.16. The maximum Gasteiger partial charge on any atom is 0.451 e. The summed E-state index contributed by atoms with van der Waals surface area (Å²) < 4.78 is 48.2. The number of aromatic amines is 1. The van der Waals surface area contributed by atoms with Gasteiger partial charge in [0.1, 0.15) is 23.6 Å². The van der Waals surface area contributed by atoms with E-state index in [0.29, 0.717) is 38.4 Å². The van der Waals surface area contributed by atoms with Gasteiger partial charge in [0.05, 0.1) is 30.1 Å². The molecule has 4 aromatic rings. The third-order valence-corrected chi connectivity index (χ3v) is 8.25. The summed E-state index contributed by atoms with van der Waals surface area (Å²) in [5, 5.41) is 18.3. The number of hydrogen-bond donors (Lipinski definition) is 2. The molecule has 0 atom stereocenters. The second-order valence-corrected chi connectivity index (χ2v) is 11.7. The minimum atomic E-state index is -4.66. The van der Waals surface area contributed by atoms with Crippen LogP contribution in [0, 0.1) is 11.3 Å². The van der Waals surface area contributed by atoms with Crippen LogP contribution in [0.1, 0.15) is 57.5 Å². The molecule has 0 spiro atoms. The number of aromatic nitrogens is 7. The lowest BCUT2D eigenvalue weighted by Crippen LogP contribution is -2.65. The Bertz CT molecular complexity index is 1610. The minimum absolute atomic E-state index is 0.0431. The zero-order valence-electron chi connectivity index (χ0n) is 24.0. The lowest BCUT2D eigenvalue weighted by Gasteiger charge is -2.53. The average Bonchev–Trinajstić information content (AvgIpc) is 3.64. The monoisotopic (exact) mass is 594 g/mol. The van der Waals surface area contributed by atoms with E-state index in [4.69, 9.17) is 4.74 Å². The predicted molar refractivity (Wildman–Crippen MR) is 151 cm³/mol. The first kappa shape index (κ1) is 29.0. The maximum atomic E-state index is 13.4. The number of nitrogens with zero attached hydrogens (tertiary/aromatic N) is 8. The standard InChI is InChI=1S/C29H33F3N10O/c1-18(2)35-13-20-11-24(40-27(39-20)29(30,31)32)43-22-5-3-21(4-6-22)41-15-28(16-41,8-9-33)42-14-19(12-38-42)25-23-7-10-34-26(23)37-17-36-25/h7,10-12,14,17-18,21-22,35H,3-6,8,13,15-16H2,1-2H3,(H,34,36,37). The van der Waals surface area contributed by atoms with Gasteiger partial charge in [-0.3, -0.25) is 9.58 Å². The molecule has 6 rings (SSSR count). The van der Waals surface area contributed by atoms with Crippen molar-refractivity contribution in [2.45, 2.75) is 82.4 Å². The molecule has 2 aliphatic rings. The highest BCUT2D eigenvalue weighted by atomic mass is 19.4. The van der Waals surface area contributed by atoms with Crippen molar-refractivity contribution in [3.8, 4) is 23.2 Å². The number of fused-ring (bicyclic) bond motifs is 1. The molecular formula is C29H33F3N10O. The number of likely N-dealkylation sites (tertiary alicyclic amines) is 1. The zero-order chi connectivity index (χ0) is 30.2. The van der Waals surface area contributed by atoms with Gasteiger partial charge in [0.2, 0.25) is 11.7 Å². The molecule has 0 bridgehead atoms. The van der Waals surface area contributed by atoms with Crippen LogP contribution < -0.4 is 10.1 Å². The molecule has 5 heterocycles. The number of ether oxygens (including phenoxy) is 1. The predicted octanol–water partition coefficient (Wildman–Crippen LogP) is 4.44. The molecule has 1 aliphatic heterocycles. The summed E-state index contributed by atoms with van der Waals surface area (Å²) in [6.07, 6.45) is 5.59. The first-order chi connectivity index (χ1) is 20.6. The quantitative estimate of drug-likeness (QED) is 0.288. The average molecular weight is 595 g/mol. The topological polar surface area (TPSA) is 133 Å². The Morgan fingerprint density at radius 1 is 1.19 bits per heavy atom. The van der Waals surface area contributed by atoms with Crippen molar-refractivity contribution in [1.29, 1.82) is 5.26 Å². The lowest BCUT2D eigenvalue weighted by atomic mass is 9.82. The molecule has 4 aromatic heterocycles. The van der Waals surface area contributed by atoms with E-state index in [9.17, 15) is 18.4 Å². The van der Waals surface area contributed by atoms with E-state index < -0.39 is 17.5 Å². The van der Waals surface area contributed by atoms with Gasteiger partial charge in [-0.1, -0.05) is 13.8 Å². The van der Waals surface area contributed by atoms with Crippen LogP contribution >= 0.6 is 0 Å². The van der Waals surface area contributed by atoms with Crippen LogP contribution in [-0.2, 0) is 18.3 Å². The molecule has 43 heavy (non-hydrogen) atoms. The first-order valence-electron chi connectivity index (χ1n) is 14.4. The summed E-state index contributed by atoms with van der Waals surface area (Å²) in [7, 11) is 0. The molecule has 14 heteroatoms. The van der Waals surface area contributed by atoms with Crippen molar-refractivity contribution < 1.29 is 17.9 Å². The largest absolute Gasteiger partial charge is 0.474 e. The third kappa shape index (κ3) is 6.05. The van der Waals surface area contributed by atoms with Crippen molar-refractivity contribution in [3.05, 3.63) is 48.6 Å². The molecule has 11 nitrogen and oxygen atoms in total. The molecule has 1 saturated heterocycles. The summed E-state index contributed by atoms with van der Waals surface area (Å²) in [4.78, 5) is 21.5. The van der Waals surface area contributed by atoms with E-state index in [1.807, 2.05) is 37.0 Å². The second-order valence-electron chi connectivity index (χ2n) is 11.7. The Morgan fingerprint density at radius 2 is 1.98 bits per heavy atom. The van der Waals surface area contributed by atoms with E-state index in [2.05, 4.69) is 46.3 Å². The van der Waals surface area contributed by atoms with Crippen molar-refractivity contribution in [2.75, 3.05) is 13.1 Å². The van der Waals surface area contributed by atoms with Crippen molar-refractivity contribution in [3.63, 3.8) is 0 Å². The van der Waals surface area contributed by atoms with Crippen LogP contribution in [0.25, 0.3) is 22.3 Å². The summed E-state index contributed by atoms with van der Waals surface area (Å²) in [5.74, 6) is -1.23. The number of hydrogen-bond acceptors (Lipinski definition) is 9. The Kier molecular flexibility index (Phi) is 7.78. The number of nitrogens with one attached hydrogen (secondary N) is 2. The van der Waals surface area contributed by atoms with Crippen LogP contribution in [0.2, 0.25) is 0 Å². The zero-order valence-corrected chi connectivity index (χ0v) is 24.0. The van der Waals surface area contributed by atoms with E-state index in [-0.39, 0.29) is 30.3 Å². The molecule has 1 aliphatic carbocycles. The van der Waals surface area contributed by atoms with Gasteiger partial charge < -0.3 is 15.0 Å². The third-order valence-electron chi connectivity index (χ3n) is 8.25. The number of H-pyrrole nitrogens is 1. The Labute approximate surface area is 246 Å². The fourth-order valence-electron chi connectivity index (χ4n) is 6.02. The van der Waals surface area contributed by atoms with Gasteiger partial charge in [-0.05, 0) is 31.7 Å². The molecule has 0 unspecified atom stereocenters. The molecule has 0 amide bonds. The molecule has 0 aromatic carbocycles. The van der Waals surface area contributed by atoms with Gasteiger partial charge in [0, 0.05) is 61.1 Å². The molecule has 226 valence electrons. The van der Waals surface area contributed by atoms with E-state index >= 15 is 0 Å². The maximum absolute atomic E-state index is 13.4. The number of nitriles is 1. The Hall–Kier alpha value is -4.09. The van der Waals surface area contributed by atoms with Gasteiger partial charge in [0.15, 0.2) is 0 Å². The highest BCUT2D eigenvalue weighted by Gasteiger charge is 2.48. The van der Waals surface area contributed by atoms with Crippen molar-refractivity contribution in [2.24, 2.45) is 0 Å². The smallest absolute Gasteiger partial charge is 0.451 e. The molecular weight excluding hydrogens is 561 g/mol. The Balaban J connectivity index is 1.08. The summed E-state index contributed by atoms with van der Waals surface area (Å²) >= 11 is 0. The van der Waals surface area contributed by atoms with Crippen molar-refractivity contribution in [1.82, 2.24) is 44.9 Å². The van der Waals surface area contributed by atoms with Gasteiger partial charge in [-0.25, -0.2) is 15.0 Å². The summed E-state index contributed by atoms with van der Waals surface area (Å²) in [6.45, 7) is 5.40. The number of halogens is 3. The van der Waals surface area contributed by atoms with E-state index in [0.717, 1.165) is 35.1 Å². The highest BCUT2D eigenvalue weighted by molar-refractivity contribution is 5.90. The van der Waals surface area contributed by atoms with Crippen LogP contribution in [-0.4, -0.2) is 70.9 Å². The van der Waals surface area contributed by atoms with Crippen LogP contribution in [0.5, 0.6) is 5.88 Å². The molecule has 2 fully saturated rings. The van der Waals surface area contributed by atoms with Crippen LogP contribution in [0.4, 0.5) is 13.2 Å². The van der Waals surface area contributed by atoms with Crippen molar-refractivity contribution >= 4 is 11.0 Å². The Morgan fingerprint density at radius 3 is 2.70 bits per heavy atom. The fraction of sp³-hybridized carbons (Fsp3) is 0.517. The minimum Gasteiger partial charge on any atom is -0.474 e. The van der Waals surface area contributed by atoms with Gasteiger partial charge >= 0.3 is 6.18 Å². The molecule has 2 N–H and O–H groups in total. The van der Waals surface area contributed by atoms with Gasteiger partial charge in [0.25, 0.3) is 0 Å². The highest BCUT2D eigenvalue weighted by Crippen LogP contribution is 2.39. The molecule has 1 saturated carbocycles. The lowest BCUT2D eigenvalue weighted by molar-refractivity contribution is -0.145. The summed E-state index contributed by atoms with van der Waals surface area (Å²) in [5.41, 5.74) is 2.21. The fourth-order valence-corrected chi connectivity index (χ4v) is 6.02. The van der Waals surface area contributed by atoms with Gasteiger partial charge in [-0.15, -0.1) is 0 Å². The first-order valence-corrected chi connectivity index (χ1v) is 14.4. The SMILES string of the molecule is CC(C)NCc1cc(OC2CCC(N3CC(CC#N)(n4cc(-c5ncnc6[nH]ccc56)cn4)C3)CC2)nc(C(F)(F)F)n1. The number of alkyl halides is 3. The number of rotatable bonds is 9. The second kappa shape index (κ2) is 11.5.